The first kappa shape index (κ1) is 27.0. The van der Waals surface area contributed by atoms with Gasteiger partial charge in [-0.2, -0.15) is 9.78 Å². The van der Waals surface area contributed by atoms with Crippen LogP contribution in [0.1, 0.15) is 11.1 Å². The van der Waals surface area contributed by atoms with Crippen molar-refractivity contribution in [2.45, 2.75) is 6.61 Å². The highest BCUT2D eigenvalue weighted by Crippen LogP contribution is 2.35. The van der Waals surface area contributed by atoms with Gasteiger partial charge in [0.05, 0.1) is 26.6 Å². The van der Waals surface area contributed by atoms with E-state index >= 15 is 0 Å². The van der Waals surface area contributed by atoms with Gasteiger partial charge in [0, 0.05) is 19.9 Å². The topological polar surface area (TPSA) is 69.6 Å². The van der Waals surface area contributed by atoms with Gasteiger partial charge < -0.3 is 9.15 Å². The van der Waals surface area contributed by atoms with E-state index in [0.717, 1.165) is 19.9 Å². The molecule has 0 saturated heterocycles. The summed E-state index contributed by atoms with van der Waals surface area (Å²) in [5.41, 5.74) is 2.56. The van der Waals surface area contributed by atoms with E-state index in [-0.39, 0.29) is 5.56 Å². The second kappa shape index (κ2) is 11.3. The van der Waals surface area contributed by atoms with Crippen molar-refractivity contribution in [3.8, 4) is 17.3 Å². The Morgan fingerprint density at radius 3 is 2.55 bits per heavy atom. The van der Waals surface area contributed by atoms with Crippen molar-refractivity contribution >= 4 is 87.5 Å². The molecule has 0 aliphatic rings. The van der Waals surface area contributed by atoms with Crippen molar-refractivity contribution in [2.24, 2.45) is 5.10 Å². The molecule has 2 heterocycles. The third-order valence-corrected chi connectivity index (χ3v) is 8.23. The van der Waals surface area contributed by atoms with Gasteiger partial charge in [-0.25, -0.2) is 4.98 Å². The zero-order valence-corrected chi connectivity index (χ0v) is 26.0. The minimum atomic E-state index is -0.317. The van der Waals surface area contributed by atoms with Gasteiger partial charge in [0.15, 0.2) is 11.5 Å². The largest absolute Gasteiger partial charge is 0.486 e. The monoisotopic (exact) mass is 739 g/mol. The smallest absolute Gasteiger partial charge is 0.282 e. The molecule has 0 N–H and O–H groups in total. The lowest BCUT2D eigenvalue weighted by Crippen LogP contribution is -2.20. The van der Waals surface area contributed by atoms with Crippen LogP contribution in [0.3, 0.4) is 0 Å². The molecule has 0 aliphatic carbocycles. The molecule has 0 atom stereocenters. The highest BCUT2D eigenvalue weighted by atomic mass is 79.9. The zero-order chi connectivity index (χ0) is 27.8. The molecule has 6 nitrogen and oxygen atoms in total. The molecule has 6 rings (SSSR count). The Morgan fingerprint density at radius 1 is 0.950 bits per heavy atom. The Bertz CT molecular complexity index is 1950. The second-order valence-electron chi connectivity index (χ2n) is 8.80. The fourth-order valence-electron chi connectivity index (χ4n) is 4.19. The molecule has 0 saturated carbocycles. The first-order valence-corrected chi connectivity index (χ1v) is 14.7. The maximum absolute atomic E-state index is 13.5. The van der Waals surface area contributed by atoms with Crippen LogP contribution in [0.2, 0.25) is 5.02 Å². The number of halogens is 4. The second-order valence-corrected chi connectivity index (χ2v) is 11.8. The SMILES string of the molecule is O=c1c2ccccc2nc(-c2cc3ccccc3o2)n1N=Cc1cc(Cl)c(OCc2ccc(Br)cc2Br)c(Br)c1. The molecule has 0 amide bonds. The molecular weight excluding hydrogens is 726 g/mol. The quantitative estimate of drug-likeness (QED) is 0.160. The Balaban J connectivity index is 1.36. The fourth-order valence-corrected chi connectivity index (χ4v) is 6.34. The maximum atomic E-state index is 13.5. The molecule has 2 aromatic heterocycles. The standard InChI is InChI=1S/C30H17Br3ClN3O3/c31-20-10-9-19(22(32)14-20)16-39-28-23(33)11-17(12-24(28)34)15-35-37-29(27-13-18-5-1-4-8-26(18)40-27)36-25-7-3-2-6-21(25)30(37)38/h1-15H,16H2. The van der Waals surface area contributed by atoms with E-state index in [1.165, 1.54) is 4.68 Å². The molecule has 198 valence electrons. The minimum Gasteiger partial charge on any atom is -0.486 e. The van der Waals surface area contributed by atoms with Gasteiger partial charge in [0.25, 0.3) is 5.56 Å². The summed E-state index contributed by atoms with van der Waals surface area (Å²) in [4.78, 5) is 18.2. The van der Waals surface area contributed by atoms with Crippen LogP contribution in [-0.4, -0.2) is 15.9 Å². The van der Waals surface area contributed by atoms with Crippen LogP contribution >= 0.6 is 59.4 Å². The number of aromatic nitrogens is 2. The lowest BCUT2D eigenvalue weighted by molar-refractivity contribution is 0.303. The first-order chi connectivity index (χ1) is 19.4. The van der Waals surface area contributed by atoms with Gasteiger partial charge in [-0.1, -0.05) is 79.9 Å². The molecule has 0 bridgehead atoms. The van der Waals surface area contributed by atoms with Gasteiger partial charge in [-0.05, 0) is 70.0 Å². The number of para-hydroxylation sites is 2. The molecule has 4 aromatic carbocycles. The van der Waals surface area contributed by atoms with Crippen molar-refractivity contribution in [1.82, 2.24) is 9.66 Å². The van der Waals surface area contributed by atoms with Crippen LogP contribution in [0.5, 0.6) is 5.75 Å². The van der Waals surface area contributed by atoms with Crippen LogP contribution < -0.4 is 10.3 Å². The Morgan fingerprint density at radius 2 is 1.75 bits per heavy atom. The Labute approximate surface area is 258 Å². The summed E-state index contributed by atoms with van der Waals surface area (Å²) in [7, 11) is 0. The fraction of sp³-hybridized carbons (Fsp3) is 0.0333. The number of benzene rings is 4. The number of ether oxygens (including phenoxy) is 1. The van der Waals surface area contributed by atoms with Gasteiger partial charge in [-0.3, -0.25) is 4.79 Å². The summed E-state index contributed by atoms with van der Waals surface area (Å²) in [6.45, 7) is 0.318. The summed E-state index contributed by atoms with van der Waals surface area (Å²) in [6, 6.07) is 26.0. The molecule has 0 spiro atoms. The van der Waals surface area contributed by atoms with Crippen LogP contribution in [0.15, 0.2) is 113 Å². The average Bonchev–Trinajstić information content (AvgIpc) is 3.37. The van der Waals surface area contributed by atoms with Gasteiger partial charge >= 0.3 is 0 Å². The van der Waals surface area contributed by atoms with Crippen molar-refractivity contribution < 1.29 is 9.15 Å². The lowest BCUT2D eigenvalue weighted by Gasteiger charge is -2.12. The van der Waals surface area contributed by atoms with Gasteiger partial charge in [0.2, 0.25) is 5.82 Å². The summed E-state index contributed by atoms with van der Waals surface area (Å²) >= 11 is 17.2. The normalized spacial score (nSPS) is 11.6. The number of fused-ring (bicyclic) bond motifs is 2. The minimum absolute atomic E-state index is 0.293. The number of hydrogen-bond acceptors (Lipinski definition) is 5. The average molecular weight is 743 g/mol. The number of rotatable bonds is 6. The van der Waals surface area contributed by atoms with Crippen molar-refractivity contribution in [3.63, 3.8) is 0 Å². The lowest BCUT2D eigenvalue weighted by atomic mass is 10.2. The molecule has 0 fully saturated rings. The number of nitrogens with zero attached hydrogens (tertiary/aromatic N) is 3. The highest BCUT2D eigenvalue weighted by molar-refractivity contribution is 9.11. The summed E-state index contributed by atoms with van der Waals surface area (Å²) < 4.78 is 15.8. The molecule has 0 radical (unpaired) electrons. The molecule has 6 aromatic rings. The molecule has 10 heteroatoms. The molecule has 0 aliphatic heterocycles. The Kier molecular flexibility index (Phi) is 7.63. The van der Waals surface area contributed by atoms with E-state index in [4.69, 9.17) is 25.7 Å². The first-order valence-electron chi connectivity index (χ1n) is 12.0. The predicted octanol–water partition coefficient (Wildman–Crippen LogP) is 9.21. The summed E-state index contributed by atoms with van der Waals surface area (Å²) in [5.74, 6) is 1.23. The van der Waals surface area contributed by atoms with Crippen molar-refractivity contribution in [2.75, 3.05) is 0 Å². The highest BCUT2D eigenvalue weighted by Gasteiger charge is 2.17. The maximum Gasteiger partial charge on any atom is 0.282 e. The van der Waals surface area contributed by atoms with E-state index in [2.05, 4.69) is 52.9 Å². The van der Waals surface area contributed by atoms with E-state index in [1.807, 2.05) is 60.7 Å². The zero-order valence-electron chi connectivity index (χ0n) is 20.4. The van der Waals surface area contributed by atoms with Crippen molar-refractivity contribution in [3.05, 3.63) is 125 Å². The van der Waals surface area contributed by atoms with Gasteiger partial charge in [0.1, 0.15) is 12.2 Å². The summed E-state index contributed by atoms with van der Waals surface area (Å²) in [6.07, 6.45) is 1.55. The third kappa shape index (κ3) is 5.39. The molecular formula is C30H17Br3ClN3O3. The predicted molar refractivity (Wildman–Crippen MR) is 170 cm³/mol. The van der Waals surface area contributed by atoms with Crippen LogP contribution in [0.4, 0.5) is 0 Å². The van der Waals surface area contributed by atoms with E-state index in [0.29, 0.717) is 55.5 Å². The van der Waals surface area contributed by atoms with Crippen LogP contribution in [0.25, 0.3) is 33.5 Å². The number of hydrogen-bond donors (Lipinski definition) is 0. The van der Waals surface area contributed by atoms with Crippen LogP contribution in [-0.2, 0) is 6.61 Å². The van der Waals surface area contributed by atoms with E-state index < -0.39 is 0 Å². The third-order valence-electron chi connectivity index (χ3n) is 6.13. The summed E-state index contributed by atoms with van der Waals surface area (Å²) in [5, 5.41) is 6.26. The van der Waals surface area contributed by atoms with Crippen molar-refractivity contribution in [1.29, 1.82) is 0 Å². The van der Waals surface area contributed by atoms with E-state index in [1.54, 1.807) is 30.5 Å². The Hall–Kier alpha value is -3.24. The van der Waals surface area contributed by atoms with Gasteiger partial charge in [-0.15, -0.1) is 0 Å². The molecule has 40 heavy (non-hydrogen) atoms. The number of furan rings is 1. The molecule has 0 unspecified atom stereocenters. The van der Waals surface area contributed by atoms with E-state index in [9.17, 15) is 4.79 Å². The van der Waals surface area contributed by atoms with Crippen LogP contribution in [0, 0.1) is 0 Å².